The smallest absolute Gasteiger partial charge is 0.436 e. The van der Waals surface area contributed by atoms with Crippen LogP contribution in [0.4, 0.5) is 32.2 Å². The van der Waals surface area contributed by atoms with Crippen LogP contribution in [0.25, 0.3) is 0 Å². The molecule has 3 aromatic rings. The van der Waals surface area contributed by atoms with E-state index >= 15 is 0 Å². The molecule has 0 spiro atoms. The number of esters is 1. The summed E-state index contributed by atoms with van der Waals surface area (Å²) >= 11 is 0. The van der Waals surface area contributed by atoms with Gasteiger partial charge in [-0.3, -0.25) is 8.98 Å². The van der Waals surface area contributed by atoms with E-state index in [1.54, 1.807) is 0 Å². The Hall–Kier alpha value is -4.12. The SMILES string of the molecule is COC(=O)c1ccc([C@H](C)NC(=O)c2c(C(F)(F)F)nn3c2N(Cc2cc(CCCOS(C)(=O)=O)cc(C(F)(F)F)c2)CC3)cc1. The first-order valence-corrected chi connectivity index (χ1v) is 15.7. The Labute approximate surface area is 260 Å². The monoisotopic (exact) mass is 676 g/mol. The van der Waals surface area contributed by atoms with E-state index in [2.05, 4.69) is 19.3 Å². The molecule has 1 aliphatic heterocycles. The van der Waals surface area contributed by atoms with Gasteiger partial charge in [0, 0.05) is 13.1 Å². The summed E-state index contributed by atoms with van der Waals surface area (Å²) in [6.45, 7) is 1.03. The van der Waals surface area contributed by atoms with Gasteiger partial charge >= 0.3 is 18.3 Å². The summed E-state index contributed by atoms with van der Waals surface area (Å²) in [5, 5.41) is 6.16. The topological polar surface area (TPSA) is 120 Å². The molecule has 10 nitrogen and oxygen atoms in total. The van der Waals surface area contributed by atoms with Gasteiger partial charge < -0.3 is 15.0 Å². The Balaban J connectivity index is 1.62. The number of methoxy groups -OCH3 is 1. The number of rotatable bonds is 11. The Morgan fingerprint density at radius 2 is 1.65 bits per heavy atom. The highest BCUT2D eigenvalue weighted by Crippen LogP contribution is 2.39. The van der Waals surface area contributed by atoms with E-state index in [0.717, 1.165) is 23.1 Å². The number of alkyl halides is 6. The molecule has 1 N–H and O–H groups in total. The molecule has 2 heterocycles. The zero-order valence-electron chi connectivity index (χ0n) is 24.8. The Morgan fingerprint density at radius 3 is 2.24 bits per heavy atom. The summed E-state index contributed by atoms with van der Waals surface area (Å²) in [6.07, 6.45) is -8.78. The van der Waals surface area contributed by atoms with Crippen LogP contribution in [0.15, 0.2) is 42.5 Å². The fraction of sp³-hybridized carbons (Fsp3) is 0.414. The highest BCUT2D eigenvalue weighted by atomic mass is 32.2. The third-order valence-electron chi connectivity index (χ3n) is 7.14. The number of halogens is 6. The van der Waals surface area contributed by atoms with E-state index in [-0.39, 0.29) is 61.6 Å². The van der Waals surface area contributed by atoms with Gasteiger partial charge in [0.05, 0.1) is 43.7 Å². The van der Waals surface area contributed by atoms with Gasteiger partial charge in [0.2, 0.25) is 0 Å². The number of benzene rings is 2. The molecule has 1 aromatic heterocycles. The maximum Gasteiger partial charge on any atom is 0.436 e. The lowest BCUT2D eigenvalue weighted by molar-refractivity contribution is -0.142. The lowest BCUT2D eigenvalue weighted by atomic mass is 10.0. The third-order valence-corrected chi connectivity index (χ3v) is 7.74. The molecular formula is C29H30F6N4O6S. The van der Waals surface area contributed by atoms with Gasteiger partial charge in [0.15, 0.2) is 5.69 Å². The summed E-state index contributed by atoms with van der Waals surface area (Å²) in [5.41, 5.74) is -2.15. The Morgan fingerprint density at radius 1 is 1.00 bits per heavy atom. The van der Waals surface area contributed by atoms with Crippen LogP contribution in [0, 0.1) is 0 Å². The quantitative estimate of drug-likeness (QED) is 0.129. The van der Waals surface area contributed by atoms with Crippen LogP contribution in [-0.4, -0.2) is 56.6 Å². The highest BCUT2D eigenvalue weighted by molar-refractivity contribution is 7.85. The number of hydrogen-bond donors (Lipinski definition) is 1. The molecule has 0 bridgehead atoms. The second-order valence-corrected chi connectivity index (χ2v) is 12.3. The zero-order valence-corrected chi connectivity index (χ0v) is 25.6. The fourth-order valence-electron chi connectivity index (χ4n) is 5.06. The number of fused-ring (bicyclic) bond motifs is 1. The van der Waals surface area contributed by atoms with Crippen molar-refractivity contribution in [2.45, 2.75) is 51.2 Å². The molecule has 0 fully saturated rings. The molecule has 4 rings (SSSR count). The molecule has 2 aromatic carbocycles. The average Bonchev–Trinajstić information content (AvgIpc) is 3.54. The lowest BCUT2D eigenvalue weighted by Gasteiger charge is -2.22. The minimum atomic E-state index is -5.02. The number of nitrogens with one attached hydrogen (secondary N) is 1. The number of anilines is 1. The molecule has 17 heteroatoms. The lowest BCUT2D eigenvalue weighted by Crippen LogP contribution is -2.31. The third kappa shape index (κ3) is 8.37. The Bertz CT molecular complexity index is 1700. The minimum Gasteiger partial charge on any atom is -0.465 e. The molecular weight excluding hydrogens is 646 g/mol. The molecule has 1 aliphatic rings. The van der Waals surface area contributed by atoms with Crippen LogP contribution < -0.4 is 10.2 Å². The van der Waals surface area contributed by atoms with E-state index in [1.165, 1.54) is 49.3 Å². The number of amides is 1. The van der Waals surface area contributed by atoms with Crippen molar-refractivity contribution in [2.75, 3.05) is 31.4 Å². The largest absolute Gasteiger partial charge is 0.465 e. The van der Waals surface area contributed by atoms with Gasteiger partial charge in [-0.05, 0) is 60.7 Å². The van der Waals surface area contributed by atoms with Crippen molar-refractivity contribution in [3.8, 4) is 0 Å². The molecule has 0 unspecified atom stereocenters. The maximum absolute atomic E-state index is 14.1. The molecule has 0 saturated carbocycles. The van der Waals surface area contributed by atoms with Crippen molar-refractivity contribution in [3.63, 3.8) is 0 Å². The number of hydrogen-bond acceptors (Lipinski definition) is 8. The Kier molecular flexibility index (Phi) is 10.1. The summed E-state index contributed by atoms with van der Waals surface area (Å²) in [6, 6.07) is 8.32. The van der Waals surface area contributed by atoms with Crippen LogP contribution in [0.1, 0.15) is 68.1 Å². The maximum atomic E-state index is 14.1. The molecule has 1 amide bonds. The summed E-state index contributed by atoms with van der Waals surface area (Å²) in [4.78, 5) is 26.5. The zero-order chi connectivity index (χ0) is 34.0. The van der Waals surface area contributed by atoms with E-state index in [9.17, 15) is 44.3 Å². The van der Waals surface area contributed by atoms with Crippen LogP contribution in [0.5, 0.6) is 0 Å². The summed E-state index contributed by atoms with van der Waals surface area (Å²) < 4.78 is 116. The standard InChI is InChI=1S/C29H30F6N4O6S/c1-17(20-6-8-21(9-7-20)27(41)44-2)36-25(40)23-24(29(33,34)35)37-39-11-10-38(26(23)39)16-19-13-18(5-4-12-45-46(3,42)43)14-22(15-19)28(30,31)32/h6-9,13-15,17H,4-5,10-12,16H2,1-3H3,(H,36,40)/t17-/m0/s1. The van der Waals surface area contributed by atoms with Gasteiger partial charge in [0.1, 0.15) is 11.4 Å². The number of ether oxygens (including phenoxy) is 1. The average molecular weight is 677 g/mol. The van der Waals surface area contributed by atoms with Gasteiger partial charge in [-0.1, -0.05) is 18.2 Å². The molecule has 250 valence electrons. The first kappa shape index (κ1) is 34.7. The second kappa shape index (κ2) is 13.3. The first-order valence-electron chi connectivity index (χ1n) is 13.8. The van der Waals surface area contributed by atoms with Crippen molar-refractivity contribution < 1.29 is 53.3 Å². The van der Waals surface area contributed by atoms with Crippen molar-refractivity contribution in [1.82, 2.24) is 15.1 Å². The molecule has 0 radical (unpaired) electrons. The highest BCUT2D eigenvalue weighted by Gasteiger charge is 2.44. The number of carbonyl (C=O) groups excluding carboxylic acids is 2. The van der Waals surface area contributed by atoms with Crippen molar-refractivity contribution >= 4 is 27.8 Å². The van der Waals surface area contributed by atoms with Crippen molar-refractivity contribution in [3.05, 3.63) is 81.5 Å². The second-order valence-electron chi connectivity index (χ2n) is 10.7. The van der Waals surface area contributed by atoms with Crippen LogP contribution >= 0.6 is 0 Å². The summed E-state index contributed by atoms with van der Waals surface area (Å²) in [7, 11) is -2.53. The predicted molar refractivity (Wildman–Crippen MR) is 153 cm³/mol. The van der Waals surface area contributed by atoms with Gasteiger partial charge in [0.25, 0.3) is 16.0 Å². The van der Waals surface area contributed by atoms with E-state index in [1.807, 2.05) is 0 Å². The number of nitrogens with zero attached hydrogens (tertiary/aromatic N) is 3. The number of aromatic nitrogens is 2. The summed E-state index contributed by atoms with van der Waals surface area (Å²) in [5.74, 6) is -1.89. The molecule has 1 atom stereocenters. The molecule has 0 saturated heterocycles. The van der Waals surface area contributed by atoms with Crippen LogP contribution in [-0.2, 0) is 50.9 Å². The van der Waals surface area contributed by atoms with E-state index in [4.69, 9.17) is 0 Å². The van der Waals surface area contributed by atoms with Gasteiger partial charge in [-0.15, -0.1) is 0 Å². The van der Waals surface area contributed by atoms with Gasteiger partial charge in [-0.2, -0.15) is 39.9 Å². The molecule has 0 aliphatic carbocycles. The predicted octanol–water partition coefficient (Wildman–Crippen LogP) is 5.13. The number of aryl methyl sites for hydroxylation is 1. The minimum absolute atomic E-state index is 0.0365. The van der Waals surface area contributed by atoms with Gasteiger partial charge in [-0.25, -0.2) is 9.48 Å². The number of carbonyl (C=O) groups is 2. The van der Waals surface area contributed by atoms with Crippen LogP contribution in [0.2, 0.25) is 0 Å². The van der Waals surface area contributed by atoms with Crippen molar-refractivity contribution in [2.24, 2.45) is 0 Å². The first-order chi connectivity index (χ1) is 21.4. The fourth-order valence-corrected chi connectivity index (χ4v) is 5.48. The van der Waals surface area contributed by atoms with E-state index < -0.39 is 57.2 Å². The van der Waals surface area contributed by atoms with Crippen molar-refractivity contribution in [1.29, 1.82) is 0 Å². The normalized spacial score (nSPS) is 14.2. The molecule has 46 heavy (non-hydrogen) atoms. The van der Waals surface area contributed by atoms with Crippen LogP contribution in [0.3, 0.4) is 0 Å². The van der Waals surface area contributed by atoms with E-state index in [0.29, 0.717) is 5.56 Å².